The Morgan fingerprint density at radius 2 is 1.68 bits per heavy atom. The van der Waals surface area contributed by atoms with Crippen molar-refractivity contribution in [3.8, 4) is 0 Å². The van der Waals surface area contributed by atoms with Crippen molar-refractivity contribution in [2.75, 3.05) is 5.32 Å². The van der Waals surface area contributed by atoms with Crippen LogP contribution >= 0.6 is 0 Å². The van der Waals surface area contributed by atoms with E-state index in [0.29, 0.717) is 6.54 Å². The smallest absolute Gasteiger partial charge is 0.255 e. The maximum Gasteiger partial charge on any atom is 0.255 e. The molecule has 0 atom stereocenters. The molecule has 19 heavy (non-hydrogen) atoms. The van der Waals surface area contributed by atoms with Crippen LogP contribution in [0.4, 0.5) is 5.69 Å². The maximum absolute atomic E-state index is 12.3. The number of carbonyl (C=O) groups is 1. The van der Waals surface area contributed by atoms with Crippen LogP contribution in [0, 0.1) is 0 Å². The zero-order valence-corrected chi connectivity index (χ0v) is 11.0. The zero-order valence-electron chi connectivity index (χ0n) is 11.0. The van der Waals surface area contributed by atoms with Crippen LogP contribution in [0.3, 0.4) is 0 Å². The number of amides is 1. The van der Waals surface area contributed by atoms with Gasteiger partial charge in [-0.3, -0.25) is 4.79 Å². The molecule has 0 aliphatic carbocycles. The molecule has 2 aromatic carbocycles. The maximum atomic E-state index is 12.3. The van der Waals surface area contributed by atoms with Gasteiger partial charge in [0.2, 0.25) is 0 Å². The van der Waals surface area contributed by atoms with Gasteiger partial charge in [-0.2, -0.15) is 0 Å². The summed E-state index contributed by atoms with van der Waals surface area (Å²) in [4.78, 5) is 12.3. The van der Waals surface area contributed by atoms with Crippen molar-refractivity contribution in [2.24, 2.45) is 5.73 Å². The van der Waals surface area contributed by atoms with Crippen molar-refractivity contribution in [1.29, 1.82) is 0 Å². The van der Waals surface area contributed by atoms with E-state index in [1.807, 2.05) is 55.5 Å². The highest BCUT2D eigenvalue weighted by Crippen LogP contribution is 2.17. The van der Waals surface area contributed by atoms with E-state index in [0.717, 1.165) is 28.8 Å². The average Bonchev–Trinajstić information content (AvgIpc) is 2.47. The molecular formula is C16H18N2O. The minimum absolute atomic E-state index is 0.0849. The number of nitrogens with two attached hydrogens (primary N) is 1. The number of hydrogen-bond donors (Lipinski definition) is 2. The second-order valence-electron chi connectivity index (χ2n) is 4.33. The Morgan fingerprint density at radius 3 is 2.37 bits per heavy atom. The Morgan fingerprint density at radius 1 is 1.05 bits per heavy atom. The summed E-state index contributed by atoms with van der Waals surface area (Å²) in [5.74, 6) is -0.0849. The SMILES string of the molecule is CCc1ccccc1C(=O)Nc1ccccc1CN. The molecule has 3 N–H and O–H groups in total. The van der Waals surface area contributed by atoms with Crippen LogP contribution < -0.4 is 11.1 Å². The molecule has 0 aliphatic rings. The molecule has 1 amide bonds. The highest BCUT2D eigenvalue weighted by Gasteiger charge is 2.11. The van der Waals surface area contributed by atoms with Crippen LogP contribution in [0.5, 0.6) is 0 Å². The van der Waals surface area contributed by atoms with E-state index in [-0.39, 0.29) is 5.91 Å². The number of anilines is 1. The molecule has 0 saturated carbocycles. The molecular weight excluding hydrogens is 236 g/mol. The molecule has 0 aromatic heterocycles. The first-order chi connectivity index (χ1) is 9.26. The summed E-state index contributed by atoms with van der Waals surface area (Å²) >= 11 is 0. The van der Waals surface area contributed by atoms with Gasteiger partial charge < -0.3 is 11.1 Å². The largest absolute Gasteiger partial charge is 0.326 e. The van der Waals surface area contributed by atoms with E-state index < -0.39 is 0 Å². The lowest BCUT2D eigenvalue weighted by atomic mass is 10.0. The van der Waals surface area contributed by atoms with Gasteiger partial charge in [0.05, 0.1) is 0 Å². The molecule has 0 radical (unpaired) electrons. The van der Waals surface area contributed by atoms with Crippen molar-refractivity contribution in [3.05, 3.63) is 65.2 Å². The highest BCUT2D eigenvalue weighted by molar-refractivity contribution is 6.05. The molecule has 0 heterocycles. The van der Waals surface area contributed by atoms with Crippen LogP contribution in [-0.2, 0) is 13.0 Å². The van der Waals surface area contributed by atoms with Gasteiger partial charge in [-0.15, -0.1) is 0 Å². The molecule has 3 heteroatoms. The van der Waals surface area contributed by atoms with Crippen LogP contribution in [-0.4, -0.2) is 5.91 Å². The van der Waals surface area contributed by atoms with Gasteiger partial charge in [0.1, 0.15) is 0 Å². The molecule has 0 fully saturated rings. The van der Waals surface area contributed by atoms with E-state index in [2.05, 4.69) is 5.32 Å². The average molecular weight is 254 g/mol. The Bertz CT molecular complexity index is 578. The number of aryl methyl sites for hydroxylation is 1. The van der Waals surface area contributed by atoms with Crippen molar-refractivity contribution in [1.82, 2.24) is 0 Å². The molecule has 3 nitrogen and oxygen atoms in total. The summed E-state index contributed by atoms with van der Waals surface area (Å²) in [6.45, 7) is 2.45. The van der Waals surface area contributed by atoms with Crippen molar-refractivity contribution in [2.45, 2.75) is 19.9 Å². The first-order valence-electron chi connectivity index (χ1n) is 6.43. The van der Waals surface area contributed by atoms with Crippen molar-refractivity contribution in [3.63, 3.8) is 0 Å². The fourth-order valence-electron chi connectivity index (χ4n) is 2.06. The van der Waals surface area contributed by atoms with E-state index in [9.17, 15) is 4.79 Å². The predicted octanol–water partition coefficient (Wildman–Crippen LogP) is 2.96. The van der Waals surface area contributed by atoms with Crippen LogP contribution in [0.15, 0.2) is 48.5 Å². The van der Waals surface area contributed by atoms with Crippen molar-refractivity contribution >= 4 is 11.6 Å². The molecule has 0 unspecified atom stereocenters. The van der Waals surface area contributed by atoms with Crippen molar-refractivity contribution < 1.29 is 4.79 Å². The second kappa shape index (κ2) is 6.16. The number of carbonyl (C=O) groups excluding carboxylic acids is 1. The Labute approximate surface area is 113 Å². The number of rotatable bonds is 4. The van der Waals surface area contributed by atoms with Gasteiger partial charge in [0.15, 0.2) is 0 Å². The molecule has 2 aromatic rings. The lowest BCUT2D eigenvalue weighted by Gasteiger charge is -2.11. The minimum atomic E-state index is -0.0849. The van der Waals surface area contributed by atoms with E-state index in [1.165, 1.54) is 0 Å². The van der Waals surface area contributed by atoms with Gasteiger partial charge >= 0.3 is 0 Å². The first kappa shape index (κ1) is 13.3. The fourth-order valence-corrected chi connectivity index (χ4v) is 2.06. The molecule has 0 bridgehead atoms. The van der Waals surface area contributed by atoms with Gasteiger partial charge in [-0.05, 0) is 29.7 Å². The summed E-state index contributed by atoms with van der Waals surface area (Å²) in [5.41, 5.74) is 9.15. The standard InChI is InChI=1S/C16H18N2O/c1-2-12-7-3-5-9-14(12)16(19)18-15-10-6-4-8-13(15)11-17/h3-10H,2,11,17H2,1H3,(H,18,19). The van der Waals surface area contributed by atoms with Gasteiger partial charge in [-0.25, -0.2) is 0 Å². The fraction of sp³-hybridized carbons (Fsp3) is 0.188. The first-order valence-corrected chi connectivity index (χ1v) is 6.43. The summed E-state index contributed by atoms with van der Waals surface area (Å²) in [6, 6.07) is 15.2. The summed E-state index contributed by atoms with van der Waals surface area (Å²) in [6.07, 6.45) is 0.835. The third-order valence-corrected chi connectivity index (χ3v) is 3.13. The van der Waals surface area contributed by atoms with Gasteiger partial charge in [-0.1, -0.05) is 43.3 Å². The normalized spacial score (nSPS) is 10.2. The number of benzene rings is 2. The van der Waals surface area contributed by atoms with Crippen LogP contribution in [0.1, 0.15) is 28.4 Å². The summed E-state index contributed by atoms with van der Waals surface area (Å²) in [7, 11) is 0. The van der Waals surface area contributed by atoms with Crippen LogP contribution in [0.2, 0.25) is 0 Å². The molecule has 0 saturated heterocycles. The van der Waals surface area contributed by atoms with E-state index in [1.54, 1.807) is 0 Å². The third-order valence-electron chi connectivity index (χ3n) is 3.13. The highest BCUT2D eigenvalue weighted by atomic mass is 16.1. The third kappa shape index (κ3) is 3.01. The number of hydrogen-bond acceptors (Lipinski definition) is 2. The summed E-state index contributed by atoms with van der Waals surface area (Å²) < 4.78 is 0. The lowest BCUT2D eigenvalue weighted by molar-refractivity contribution is 0.102. The minimum Gasteiger partial charge on any atom is -0.326 e. The van der Waals surface area contributed by atoms with Crippen LogP contribution in [0.25, 0.3) is 0 Å². The molecule has 0 aliphatic heterocycles. The Balaban J connectivity index is 2.26. The quantitative estimate of drug-likeness (QED) is 0.881. The Kier molecular flexibility index (Phi) is 4.31. The van der Waals surface area contributed by atoms with E-state index >= 15 is 0 Å². The van der Waals surface area contributed by atoms with Gasteiger partial charge in [0.25, 0.3) is 5.91 Å². The number of para-hydroxylation sites is 1. The van der Waals surface area contributed by atoms with E-state index in [4.69, 9.17) is 5.73 Å². The lowest BCUT2D eigenvalue weighted by Crippen LogP contribution is -2.16. The summed E-state index contributed by atoms with van der Waals surface area (Å²) in [5, 5.41) is 2.93. The molecule has 98 valence electrons. The predicted molar refractivity (Wildman–Crippen MR) is 78.1 cm³/mol. The molecule has 0 spiro atoms. The second-order valence-corrected chi connectivity index (χ2v) is 4.33. The van der Waals surface area contributed by atoms with Gasteiger partial charge in [0, 0.05) is 17.8 Å². The topological polar surface area (TPSA) is 55.1 Å². The Hall–Kier alpha value is -2.13. The monoisotopic (exact) mass is 254 g/mol. The number of nitrogens with one attached hydrogen (secondary N) is 1. The zero-order chi connectivity index (χ0) is 13.7. The molecule has 2 rings (SSSR count).